The number of carbonyl (C=O) groups excluding carboxylic acids is 2. The van der Waals surface area contributed by atoms with Crippen molar-refractivity contribution in [2.24, 2.45) is 0 Å². The normalized spacial score (nSPS) is 10.4. The van der Waals surface area contributed by atoms with Crippen LogP contribution in [0.15, 0.2) is 36.4 Å². The highest BCUT2D eigenvalue weighted by atomic mass is 16.5. The summed E-state index contributed by atoms with van der Waals surface area (Å²) in [5.41, 5.74) is 2.71. The molecule has 0 saturated carbocycles. The van der Waals surface area contributed by atoms with Crippen LogP contribution in [0.4, 0.5) is 0 Å². The lowest BCUT2D eigenvalue weighted by molar-refractivity contribution is -0.139. The van der Waals surface area contributed by atoms with Crippen LogP contribution in [-0.2, 0) is 29.0 Å². The number of rotatable bonds is 8. The molecule has 0 amide bonds. The van der Waals surface area contributed by atoms with Gasteiger partial charge in [0.05, 0.1) is 19.1 Å². The second-order valence-corrected chi connectivity index (χ2v) is 6.11. The number of Topliss-reactive ketones (excluding diaryl/α,β-unsaturated/α-hetero) is 1. The molecule has 0 spiro atoms. The second-order valence-electron chi connectivity index (χ2n) is 6.11. The molecule has 0 bridgehead atoms. The van der Waals surface area contributed by atoms with Crippen molar-refractivity contribution >= 4 is 11.8 Å². The molecule has 0 aliphatic rings. The van der Waals surface area contributed by atoms with E-state index in [0.29, 0.717) is 29.9 Å². The van der Waals surface area contributed by atoms with E-state index in [2.05, 4.69) is 4.74 Å². The number of benzene rings is 2. The highest BCUT2D eigenvalue weighted by Crippen LogP contribution is 2.33. The van der Waals surface area contributed by atoms with Crippen LogP contribution in [0.2, 0.25) is 0 Å². The third-order valence-electron chi connectivity index (χ3n) is 4.08. The van der Waals surface area contributed by atoms with Crippen molar-refractivity contribution < 1.29 is 24.2 Å². The van der Waals surface area contributed by atoms with Crippen LogP contribution in [-0.4, -0.2) is 24.0 Å². The molecule has 0 heterocycles. The molecule has 5 heteroatoms. The Labute approximate surface area is 153 Å². The largest absolute Gasteiger partial charge is 0.507 e. The lowest BCUT2D eigenvalue weighted by Crippen LogP contribution is -2.06. The van der Waals surface area contributed by atoms with Crippen molar-refractivity contribution in [2.75, 3.05) is 7.11 Å². The van der Waals surface area contributed by atoms with Gasteiger partial charge in [-0.25, -0.2) is 0 Å². The lowest BCUT2D eigenvalue weighted by atomic mass is 10.0. The third-order valence-corrected chi connectivity index (χ3v) is 4.08. The number of carbonyl (C=O) groups is 2. The van der Waals surface area contributed by atoms with E-state index in [-0.39, 0.29) is 23.9 Å². The predicted octanol–water partition coefficient (Wildman–Crippen LogP) is 3.84. The summed E-state index contributed by atoms with van der Waals surface area (Å²) in [5, 5.41) is 10.4. The van der Waals surface area contributed by atoms with Gasteiger partial charge in [0.2, 0.25) is 0 Å². The van der Waals surface area contributed by atoms with E-state index in [9.17, 15) is 14.7 Å². The van der Waals surface area contributed by atoms with Gasteiger partial charge in [0.15, 0.2) is 5.78 Å². The molecule has 5 nitrogen and oxygen atoms in total. The fourth-order valence-electron chi connectivity index (χ4n) is 2.76. The zero-order valence-electron chi connectivity index (χ0n) is 15.4. The van der Waals surface area contributed by atoms with Crippen LogP contribution in [0.3, 0.4) is 0 Å². The molecule has 0 aliphatic heterocycles. The Morgan fingerprint density at radius 2 is 1.85 bits per heavy atom. The highest BCUT2D eigenvalue weighted by molar-refractivity contribution is 5.97. The maximum Gasteiger partial charge on any atom is 0.309 e. The molecule has 2 aromatic carbocycles. The highest BCUT2D eigenvalue weighted by Gasteiger charge is 2.16. The Morgan fingerprint density at radius 3 is 2.50 bits per heavy atom. The number of esters is 1. The second kappa shape index (κ2) is 9.04. The van der Waals surface area contributed by atoms with E-state index in [0.717, 1.165) is 17.5 Å². The third kappa shape index (κ3) is 4.85. The van der Waals surface area contributed by atoms with Crippen molar-refractivity contribution in [3.05, 3.63) is 58.7 Å². The average Bonchev–Trinajstić information content (AvgIpc) is 2.62. The van der Waals surface area contributed by atoms with Gasteiger partial charge in [0.1, 0.15) is 18.1 Å². The number of ether oxygens (including phenoxy) is 2. The summed E-state index contributed by atoms with van der Waals surface area (Å²) < 4.78 is 10.6. The van der Waals surface area contributed by atoms with Gasteiger partial charge >= 0.3 is 5.97 Å². The fourth-order valence-corrected chi connectivity index (χ4v) is 2.76. The molecule has 0 atom stereocenters. The molecule has 1 N–H and O–H groups in total. The minimum atomic E-state index is -0.293. The number of aromatic hydroxyl groups is 1. The molecule has 0 saturated heterocycles. The summed E-state index contributed by atoms with van der Waals surface area (Å²) in [6.07, 6.45) is 1.64. The maximum absolute atomic E-state index is 11.6. The zero-order valence-corrected chi connectivity index (χ0v) is 15.4. The van der Waals surface area contributed by atoms with Gasteiger partial charge in [0, 0.05) is 5.56 Å². The van der Waals surface area contributed by atoms with Gasteiger partial charge in [-0.2, -0.15) is 0 Å². The molecule has 138 valence electrons. The first-order chi connectivity index (χ1) is 12.5. The number of ketones is 1. The summed E-state index contributed by atoms with van der Waals surface area (Å²) in [7, 11) is 1.36. The smallest absolute Gasteiger partial charge is 0.309 e. The van der Waals surface area contributed by atoms with Crippen molar-refractivity contribution in [3.63, 3.8) is 0 Å². The summed E-state index contributed by atoms with van der Waals surface area (Å²) in [6, 6.07) is 10.8. The molecule has 0 aromatic heterocycles. The van der Waals surface area contributed by atoms with Crippen molar-refractivity contribution in [1.29, 1.82) is 0 Å². The van der Waals surface area contributed by atoms with Gasteiger partial charge in [-0.15, -0.1) is 0 Å². The first kappa shape index (κ1) is 19.5. The molecule has 0 fully saturated rings. The maximum atomic E-state index is 11.6. The number of hydrogen-bond acceptors (Lipinski definition) is 5. The van der Waals surface area contributed by atoms with Gasteiger partial charge in [0.25, 0.3) is 0 Å². The topological polar surface area (TPSA) is 72.8 Å². The van der Waals surface area contributed by atoms with Crippen LogP contribution in [0.1, 0.15) is 47.3 Å². The van der Waals surface area contributed by atoms with Crippen LogP contribution in [0.5, 0.6) is 11.5 Å². The summed E-state index contributed by atoms with van der Waals surface area (Å²) in [6.45, 7) is 3.72. The molecule has 0 radical (unpaired) electrons. The van der Waals surface area contributed by atoms with Crippen LogP contribution >= 0.6 is 0 Å². The van der Waals surface area contributed by atoms with E-state index in [1.54, 1.807) is 12.1 Å². The zero-order chi connectivity index (χ0) is 19.1. The Hall–Kier alpha value is -2.82. The molecule has 0 aliphatic carbocycles. The van der Waals surface area contributed by atoms with Crippen LogP contribution in [0.25, 0.3) is 0 Å². The fraction of sp³-hybridized carbons (Fsp3) is 0.333. The average molecular weight is 356 g/mol. The van der Waals surface area contributed by atoms with E-state index in [1.165, 1.54) is 14.0 Å². The van der Waals surface area contributed by atoms with Crippen molar-refractivity contribution in [1.82, 2.24) is 0 Å². The standard InChI is InChI=1S/C21H24O5/c1-4-6-18-19(10-9-17(14(2)22)21(18)24)26-13-16-8-5-7-15(11-16)12-20(23)25-3/h5,7-11,24H,4,6,12-13H2,1-3H3. The monoisotopic (exact) mass is 356 g/mol. The molecule has 2 aromatic rings. The number of hydrogen-bond donors (Lipinski definition) is 1. The minimum Gasteiger partial charge on any atom is -0.507 e. The van der Waals surface area contributed by atoms with Crippen molar-refractivity contribution in [3.8, 4) is 11.5 Å². The first-order valence-electron chi connectivity index (χ1n) is 8.59. The minimum absolute atomic E-state index is 0.00343. The number of phenolic OH excluding ortho intramolecular Hbond substituents is 1. The van der Waals surface area contributed by atoms with Gasteiger partial charge < -0.3 is 14.6 Å². The van der Waals surface area contributed by atoms with Gasteiger partial charge in [-0.1, -0.05) is 37.6 Å². The molecular formula is C21H24O5. The van der Waals surface area contributed by atoms with Crippen LogP contribution in [0, 0.1) is 0 Å². The first-order valence-corrected chi connectivity index (χ1v) is 8.59. The van der Waals surface area contributed by atoms with E-state index in [1.807, 2.05) is 31.2 Å². The quantitative estimate of drug-likeness (QED) is 0.575. The van der Waals surface area contributed by atoms with E-state index in [4.69, 9.17) is 4.74 Å². The Balaban J connectivity index is 2.19. The SMILES string of the molecule is CCCc1c(OCc2cccc(CC(=O)OC)c2)ccc(C(C)=O)c1O. The summed E-state index contributed by atoms with van der Waals surface area (Å²) in [5.74, 6) is 0.0870. The molecule has 2 rings (SSSR count). The number of methoxy groups -OCH3 is 1. The number of phenols is 1. The summed E-state index contributed by atoms with van der Waals surface area (Å²) in [4.78, 5) is 23.0. The molecular weight excluding hydrogens is 332 g/mol. The van der Waals surface area contributed by atoms with E-state index >= 15 is 0 Å². The lowest BCUT2D eigenvalue weighted by Gasteiger charge is -2.15. The predicted molar refractivity (Wildman–Crippen MR) is 98.6 cm³/mol. The summed E-state index contributed by atoms with van der Waals surface area (Å²) >= 11 is 0. The Morgan fingerprint density at radius 1 is 1.12 bits per heavy atom. The molecule has 26 heavy (non-hydrogen) atoms. The molecule has 0 unspecified atom stereocenters. The Bertz CT molecular complexity index is 795. The van der Waals surface area contributed by atoms with Gasteiger partial charge in [-0.05, 0) is 36.6 Å². The van der Waals surface area contributed by atoms with Gasteiger partial charge in [-0.3, -0.25) is 9.59 Å². The van der Waals surface area contributed by atoms with Crippen LogP contribution < -0.4 is 4.74 Å². The Kier molecular flexibility index (Phi) is 6.78. The van der Waals surface area contributed by atoms with E-state index < -0.39 is 0 Å². The van der Waals surface area contributed by atoms with Crippen molar-refractivity contribution in [2.45, 2.75) is 39.7 Å².